The van der Waals surface area contributed by atoms with Crippen LogP contribution in [-0.4, -0.2) is 37.4 Å². The maximum Gasteiger partial charge on any atom is 0.316 e. The van der Waals surface area contributed by atoms with E-state index in [1.54, 1.807) is 0 Å². The number of para-hydroxylation sites is 1. The van der Waals surface area contributed by atoms with E-state index in [2.05, 4.69) is 10.6 Å². The molecule has 0 saturated heterocycles. The van der Waals surface area contributed by atoms with Crippen molar-refractivity contribution in [2.75, 3.05) is 24.5 Å². The lowest BCUT2D eigenvalue weighted by Crippen LogP contribution is -2.44. The lowest BCUT2D eigenvalue weighted by Gasteiger charge is -2.16. The van der Waals surface area contributed by atoms with Crippen molar-refractivity contribution < 1.29 is 14.4 Å². The van der Waals surface area contributed by atoms with Gasteiger partial charge in [-0.15, -0.1) is 0 Å². The van der Waals surface area contributed by atoms with Crippen LogP contribution in [0.25, 0.3) is 0 Å². The smallest absolute Gasteiger partial charge is 0.316 e. The highest BCUT2D eigenvalue weighted by atomic mass is 16.2. The maximum atomic E-state index is 12.1. The third-order valence-electron chi connectivity index (χ3n) is 3.11. The molecular weight excluding hydrogens is 258 g/mol. The fraction of sp³-hybridized carbons (Fsp3) is 0.357. The second-order valence-corrected chi connectivity index (χ2v) is 4.57. The number of hydrogen-bond donors (Lipinski definition) is 2. The van der Waals surface area contributed by atoms with Crippen LogP contribution in [0.3, 0.4) is 0 Å². The van der Waals surface area contributed by atoms with Gasteiger partial charge in [0, 0.05) is 32.2 Å². The van der Waals surface area contributed by atoms with Crippen molar-refractivity contribution in [3.8, 4) is 0 Å². The van der Waals surface area contributed by atoms with E-state index < -0.39 is 11.8 Å². The number of carbonyl (C=O) groups is 3. The summed E-state index contributed by atoms with van der Waals surface area (Å²) in [6.45, 7) is 2.47. The van der Waals surface area contributed by atoms with E-state index >= 15 is 0 Å². The van der Waals surface area contributed by atoms with Gasteiger partial charge in [-0.1, -0.05) is 18.2 Å². The summed E-state index contributed by atoms with van der Waals surface area (Å²) in [6, 6.07) is 7.56. The van der Waals surface area contributed by atoms with Gasteiger partial charge in [0.05, 0.1) is 0 Å². The Morgan fingerprint density at radius 1 is 1.15 bits per heavy atom. The van der Waals surface area contributed by atoms with Gasteiger partial charge in [-0.05, 0) is 18.1 Å². The summed E-state index contributed by atoms with van der Waals surface area (Å²) in [5.41, 5.74) is 1.88. The second-order valence-electron chi connectivity index (χ2n) is 4.57. The first-order valence-corrected chi connectivity index (χ1v) is 6.51. The minimum Gasteiger partial charge on any atom is -0.355 e. The summed E-state index contributed by atoms with van der Waals surface area (Å²) in [4.78, 5) is 36.0. The van der Waals surface area contributed by atoms with Gasteiger partial charge in [-0.2, -0.15) is 0 Å². The molecule has 3 amide bonds. The summed E-state index contributed by atoms with van der Waals surface area (Å²) in [5, 5.41) is 5.05. The molecule has 0 fully saturated rings. The summed E-state index contributed by atoms with van der Waals surface area (Å²) in [7, 11) is 0. The quantitative estimate of drug-likeness (QED) is 0.594. The third kappa shape index (κ3) is 3.14. The molecular formula is C14H17N3O3. The van der Waals surface area contributed by atoms with Crippen LogP contribution < -0.4 is 15.5 Å². The van der Waals surface area contributed by atoms with E-state index in [4.69, 9.17) is 0 Å². The molecule has 0 saturated carbocycles. The first kappa shape index (κ1) is 14.0. The highest BCUT2D eigenvalue weighted by Crippen LogP contribution is 2.27. The van der Waals surface area contributed by atoms with Crippen molar-refractivity contribution in [3.05, 3.63) is 29.8 Å². The zero-order chi connectivity index (χ0) is 14.5. The van der Waals surface area contributed by atoms with Gasteiger partial charge >= 0.3 is 11.8 Å². The Hall–Kier alpha value is -2.37. The van der Waals surface area contributed by atoms with Crippen LogP contribution in [0.15, 0.2) is 24.3 Å². The zero-order valence-electron chi connectivity index (χ0n) is 11.3. The van der Waals surface area contributed by atoms with Crippen molar-refractivity contribution in [2.24, 2.45) is 0 Å². The molecule has 106 valence electrons. The molecule has 2 N–H and O–H groups in total. The number of hydrogen-bond acceptors (Lipinski definition) is 3. The van der Waals surface area contributed by atoms with Gasteiger partial charge < -0.3 is 15.5 Å². The molecule has 0 atom stereocenters. The van der Waals surface area contributed by atoms with Gasteiger partial charge in [-0.3, -0.25) is 14.4 Å². The standard InChI is InChI=1S/C14H17N3O3/c1-10(18)15-7-8-16-13(19)14(20)17-9-6-11-4-2-3-5-12(11)17/h2-5H,6-9H2,1H3,(H,15,18)(H,16,19). The fourth-order valence-corrected chi connectivity index (χ4v) is 2.16. The van der Waals surface area contributed by atoms with Crippen LogP contribution in [0, 0.1) is 0 Å². The largest absolute Gasteiger partial charge is 0.355 e. The Morgan fingerprint density at radius 2 is 1.85 bits per heavy atom. The highest BCUT2D eigenvalue weighted by Gasteiger charge is 2.28. The van der Waals surface area contributed by atoms with Gasteiger partial charge in [-0.25, -0.2) is 0 Å². The molecule has 1 heterocycles. The molecule has 0 bridgehead atoms. The SMILES string of the molecule is CC(=O)NCCNC(=O)C(=O)N1CCc2ccccc21. The number of nitrogens with zero attached hydrogens (tertiary/aromatic N) is 1. The van der Waals surface area contributed by atoms with Crippen LogP contribution in [0.4, 0.5) is 5.69 Å². The van der Waals surface area contributed by atoms with Crippen LogP contribution in [0.5, 0.6) is 0 Å². The Morgan fingerprint density at radius 3 is 2.60 bits per heavy atom. The molecule has 0 radical (unpaired) electrons. The molecule has 2 rings (SSSR count). The lowest BCUT2D eigenvalue weighted by molar-refractivity contribution is -0.137. The van der Waals surface area contributed by atoms with Crippen LogP contribution in [-0.2, 0) is 20.8 Å². The number of fused-ring (bicyclic) bond motifs is 1. The number of amides is 3. The predicted octanol–water partition coefficient (Wildman–Crippen LogP) is -0.172. The Bertz CT molecular complexity index is 542. The van der Waals surface area contributed by atoms with Crippen molar-refractivity contribution in [2.45, 2.75) is 13.3 Å². The van der Waals surface area contributed by atoms with E-state index in [1.165, 1.54) is 11.8 Å². The zero-order valence-corrected chi connectivity index (χ0v) is 11.3. The first-order chi connectivity index (χ1) is 9.59. The average Bonchev–Trinajstić information content (AvgIpc) is 2.86. The van der Waals surface area contributed by atoms with Gasteiger partial charge in [0.15, 0.2) is 0 Å². The van der Waals surface area contributed by atoms with Crippen molar-refractivity contribution in [1.29, 1.82) is 0 Å². The first-order valence-electron chi connectivity index (χ1n) is 6.51. The molecule has 6 nitrogen and oxygen atoms in total. The number of rotatable bonds is 3. The number of carbonyl (C=O) groups excluding carboxylic acids is 3. The van der Waals surface area contributed by atoms with E-state index in [0.29, 0.717) is 13.1 Å². The minimum atomic E-state index is -0.646. The molecule has 1 aliphatic heterocycles. The predicted molar refractivity (Wildman–Crippen MR) is 74.2 cm³/mol. The highest BCUT2D eigenvalue weighted by molar-refractivity contribution is 6.40. The van der Waals surface area contributed by atoms with E-state index in [1.807, 2.05) is 24.3 Å². The lowest BCUT2D eigenvalue weighted by atomic mass is 10.2. The molecule has 6 heteroatoms. The van der Waals surface area contributed by atoms with E-state index in [-0.39, 0.29) is 12.5 Å². The van der Waals surface area contributed by atoms with Crippen LogP contribution in [0.1, 0.15) is 12.5 Å². The average molecular weight is 275 g/mol. The van der Waals surface area contributed by atoms with E-state index in [9.17, 15) is 14.4 Å². The van der Waals surface area contributed by atoms with Crippen molar-refractivity contribution >= 4 is 23.4 Å². The van der Waals surface area contributed by atoms with Crippen LogP contribution >= 0.6 is 0 Å². The van der Waals surface area contributed by atoms with Crippen molar-refractivity contribution in [3.63, 3.8) is 0 Å². The Balaban J connectivity index is 1.89. The van der Waals surface area contributed by atoms with Crippen LogP contribution in [0.2, 0.25) is 0 Å². The normalized spacial score (nSPS) is 12.8. The van der Waals surface area contributed by atoms with Gasteiger partial charge in [0.25, 0.3) is 0 Å². The monoisotopic (exact) mass is 275 g/mol. The van der Waals surface area contributed by atoms with Gasteiger partial charge in [0.2, 0.25) is 5.91 Å². The summed E-state index contributed by atoms with van der Waals surface area (Å²) >= 11 is 0. The number of nitrogens with one attached hydrogen (secondary N) is 2. The Kier molecular flexibility index (Phi) is 4.34. The summed E-state index contributed by atoms with van der Waals surface area (Å²) < 4.78 is 0. The Labute approximate surface area is 117 Å². The molecule has 1 aromatic rings. The second kappa shape index (κ2) is 6.18. The number of anilines is 1. The molecule has 0 unspecified atom stereocenters. The number of benzene rings is 1. The topological polar surface area (TPSA) is 78.5 Å². The van der Waals surface area contributed by atoms with Gasteiger partial charge in [0.1, 0.15) is 0 Å². The minimum absolute atomic E-state index is 0.168. The fourth-order valence-electron chi connectivity index (χ4n) is 2.16. The molecule has 0 spiro atoms. The van der Waals surface area contributed by atoms with Crippen molar-refractivity contribution in [1.82, 2.24) is 10.6 Å². The summed E-state index contributed by atoms with van der Waals surface area (Å²) in [5.74, 6) is -1.37. The van der Waals surface area contributed by atoms with E-state index in [0.717, 1.165) is 17.7 Å². The molecule has 1 aliphatic rings. The molecule has 1 aromatic carbocycles. The summed E-state index contributed by atoms with van der Waals surface area (Å²) in [6.07, 6.45) is 0.765. The molecule has 20 heavy (non-hydrogen) atoms. The maximum absolute atomic E-state index is 12.1. The molecule has 0 aliphatic carbocycles. The molecule has 0 aromatic heterocycles. The third-order valence-corrected chi connectivity index (χ3v) is 3.11.